The molecule has 0 heterocycles. The molecule has 0 aliphatic carbocycles. The Bertz CT molecular complexity index is 482. The molecule has 5 heteroatoms. The van der Waals surface area contributed by atoms with Crippen LogP contribution in [0.4, 0.5) is 0 Å². The number of benzene rings is 1. The minimum Gasteiger partial charge on any atom is -0.507 e. The fourth-order valence-corrected chi connectivity index (χ4v) is 3.45. The summed E-state index contributed by atoms with van der Waals surface area (Å²) in [6, 6.07) is 4.71. The molecule has 0 fully saturated rings. The lowest BCUT2D eigenvalue weighted by molar-refractivity contribution is 0.101. The monoisotopic (exact) mass is 270 g/mol. The molecule has 1 atom stereocenters. The van der Waals surface area contributed by atoms with Crippen molar-refractivity contribution in [2.75, 3.05) is 12.8 Å². The van der Waals surface area contributed by atoms with Crippen LogP contribution in [0.1, 0.15) is 36.7 Å². The summed E-state index contributed by atoms with van der Waals surface area (Å²) in [5, 5.41) is 9.54. The van der Waals surface area contributed by atoms with E-state index < -0.39 is 7.37 Å². The molecule has 0 aliphatic rings. The largest absolute Gasteiger partial charge is 0.507 e. The van der Waals surface area contributed by atoms with Gasteiger partial charge in [0.1, 0.15) is 5.75 Å². The SMILES string of the molecule is CCOP(=O)(CC)Cc1ccc(O)c(C(C)=O)c1. The van der Waals surface area contributed by atoms with Gasteiger partial charge in [0.05, 0.1) is 12.2 Å². The molecule has 100 valence electrons. The summed E-state index contributed by atoms with van der Waals surface area (Å²) >= 11 is 0. The van der Waals surface area contributed by atoms with Gasteiger partial charge in [0, 0.05) is 12.3 Å². The van der Waals surface area contributed by atoms with Crippen LogP contribution in [0.5, 0.6) is 5.75 Å². The predicted molar refractivity (Wildman–Crippen MR) is 71.6 cm³/mol. The number of phenolic OH excluding ortho intramolecular Hbond substituents is 1. The van der Waals surface area contributed by atoms with E-state index in [0.29, 0.717) is 12.8 Å². The van der Waals surface area contributed by atoms with Gasteiger partial charge in [0.15, 0.2) is 5.78 Å². The molecule has 4 nitrogen and oxygen atoms in total. The number of phenols is 1. The third-order valence-electron chi connectivity index (χ3n) is 2.71. The van der Waals surface area contributed by atoms with Crippen molar-refractivity contribution >= 4 is 13.2 Å². The van der Waals surface area contributed by atoms with Crippen LogP contribution >= 0.6 is 7.37 Å². The maximum atomic E-state index is 12.3. The van der Waals surface area contributed by atoms with Crippen LogP contribution < -0.4 is 0 Å². The van der Waals surface area contributed by atoms with E-state index in [1.165, 1.54) is 13.0 Å². The lowest BCUT2D eigenvalue weighted by Crippen LogP contribution is -1.99. The Morgan fingerprint density at radius 3 is 2.56 bits per heavy atom. The van der Waals surface area contributed by atoms with Gasteiger partial charge < -0.3 is 9.63 Å². The Morgan fingerprint density at radius 2 is 2.06 bits per heavy atom. The van der Waals surface area contributed by atoms with E-state index in [1.54, 1.807) is 19.1 Å². The molecule has 1 aromatic rings. The number of aromatic hydroxyl groups is 1. The summed E-state index contributed by atoms with van der Waals surface area (Å²) in [6.45, 7) is 5.42. The summed E-state index contributed by atoms with van der Waals surface area (Å²) < 4.78 is 17.7. The highest BCUT2D eigenvalue weighted by atomic mass is 31.2. The van der Waals surface area contributed by atoms with E-state index in [9.17, 15) is 14.5 Å². The molecule has 0 aromatic heterocycles. The van der Waals surface area contributed by atoms with Gasteiger partial charge in [0.2, 0.25) is 7.37 Å². The lowest BCUT2D eigenvalue weighted by atomic mass is 10.1. The average Bonchev–Trinajstić information content (AvgIpc) is 2.31. The first-order valence-corrected chi connectivity index (χ1v) is 7.97. The molecule has 1 unspecified atom stereocenters. The van der Waals surface area contributed by atoms with Crippen LogP contribution in [0, 0.1) is 0 Å². The van der Waals surface area contributed by atoms with Crippen molar-refractivity contribution in [3.05, 3.63) is 29.3 Å². The predicted octanol–water partition coefficient (Wildman–Crippen LogP) is 3.43. The van der Waals surface area contributed by atoms with Crippen molar-refractivity contribution in [3.8, 4) is 5.75 Å². The molecule has 1 N–H and O–H groups in total. The van der Waals surface area contributed by atoms with Crippen LogP contribution in [0.3, 0.4) is 0 Å². The number of hydrogen-bond acceptors (Lipinski definition) is 4. The molecule has 1 rings (SSSR count). The molecule has 0 saturated carbocycles. The van der Waals surface area contributed by atoms with Gasteiger partial charge in [-0.2, -0.15) is 0 Å². The van der Waals surface area contributed by atoms with E-state index in [4.69, 9.17) is 4.52 Å². The highest BCUT2D eigenvalue weighted by molar-refractivity contribution is 7.58. The average molecular weight is 270 g/mol. The van der Waals surface area contributed by atoms with E-state index in [0.717, 1.165) is 5.56 Å². The summed E-state index contributed by atoms with van der Waals surface area (Å²) in [5.74, 6) is -0.258. The maximum Gasteiger partial charge on any atom is 0.207 e. The topological polar surface area (TPSA) is 63.6 Å². The molecule has 1 aromatic carbocycles. The van der Waals surface area contributed by atoms with Crippen LogP contribution in [0.15, 0.2) is 18.2 Å². The molecule has 0 amide bonds. The minimum absolute atomic E-state index is 0.0472. The molecule has 0 saturated heterocycles. The van der Waals surface area contributed by atoms with Crippen molar-refractivity contribution in [1.82, 2.24) is 0 Å². The van der Waals surface area contributed by atoms with Gasteiger partial charge in [-0.1, -0.05) is 13.0 Å². The van der Waals surface area contributed by atoms with Crippen molar-refractivity contribution in [2.45, 2.75) is 26.9 Å². The molecule has 0 aliphatic heterocycles. The first-order valence-electron chi connectivity index (χ1n) is 5.97. The van der Waals surface area contributed by atoms with Crippen molar-refractivity contribution < 1.29 is 19.0 Å². The number of rotatable bonds is 6. The van der Waals surface area contributed by atoms with Crippen molar-refractivity contribution in [2.24, 2.45) is 0 Å². The van der Waals surface area contributed by atoms with Gasteiger partial charge in [-0.15, -0.1) is 0 Å². The number of Topliss-reactive ketones (excluding diaryl/α,β-unsaturated/α-hetero) is 1. The first kappa shape index (κ1) is 14.9. The van der Waals surface area contributed by atoms with Gasteiger partial charge in [-0.25, -0.2) is 0 Å². The van der Waals surface area contributed by atoms with Crippen LogP contribution in [-0.4, -0.2) is 23.7 Å². The molecule has 0 spiro atoms. The standard InChI is InChI=1S/C13H19O4P/c1-4-17-18(16,5-2)9-11-6-7-13(15)12(8-11)10(3)14/h6-8,15H,4-5,9H2,1-3H3. The minimum atomic E-state index is -2.68. The molecule has 0 radical (unpaired) electrons. The van der Waals surface area contributed by atoms with Crippen LogP contribution in [0.25, 0.3) is 0 Å². The zero-order valence-corrected chi connectivity index (χ0v) is 11.9. The van der Waals surface area contributed by atoms with Crippen molar-refractivity contribution in [3.63, 3.8) is 0 Å². The number of ketones is 1. The second-order valence-corrected chi connectivity index (χ2v) is 6.95. The Hall–Kier alpha value is -1.12. The van der Waals surface area contributed by atoms with Gasteiger partial charge in [-0.05, 0) is 31.5 Å². The third kappa shape index (κ3) is 3.69. The number of carbonyl (C=O) groups is 1. The Kier molecular flexibility index (Phi) is 5.12. The van der Waals surface area contributed by atoms with Gasteiger partial charge in [0.25, 0.3) is 0 Å². The Labute approximate surface area is 107 Å². The summed E-state index contributed by atoms with van der Waals surface area (Å²) in [7, 11) is -2.68. The first-order chi connectivity index (χ1) is 8.41. The fraction of sp³-hybridized carbons (Fsp3) is 0.462. The smallest absolute Gasteiger partial charge is 0.207 e. The molecular weight excluding hydrogens is 251 g/mol. The Morgan fingerprint density at radius 1 is 1.39 bits per heavy atom. The zero-order valence-electron chi connectivity index (χ0n) is 11.0. The van der Waals surface area contributed by atoms with E-state index in [1.807, 2.05) is 6.92 Å². The van der Waals surface area contributed by atoms with E-state index in [2.05, 4.69) is 0 Å². The normalized spacial score (nSPS) is 14.2. The summed E-state index contributed by atoms with van der Waals surface area (Å²) in [4.78, 5) is 11.3. The third-order valence-corrected chi connectivity index (χ3v) is 5.25. The van der Waals surface area contributed by atoms with Crippen LogP contribution in [-0.2, 0) is 15.3 Å². The summed E-state index contributed by atoms with van der Waals surface area (Å²) in [6.07, 6.45) is 0.745. The highest BCUT2D eigenvalue weighted by Crippen LogP contribution is 2.49. The second kappa shape index (κ2) is 6.17. The van der Waals surface area contributed by atoms with Gasteiger partial charge >= 0.3 is 0 Å². The quantitative estimate of drug-likeness (QED) is 0.635. The lowest BCUT2D eigenvalue weighted by Gasteiger charge is -2.16. The number of hydrogen-bond donors (Lipinski definition) is 1. The van der Waals surface area contributed by atoms with Gasteiger partial charge in [-0.3, -0.25) is 9.36 Å². The zero-order chi connectivity index (χ0) is 13.8. The maximum absolute atomic E-state index is 12.3. The number of carbonyl (C=O) groups excluding carboxylic acids is 1. The molecule has 18 heavy (non-hydrogen) atoms. The van der Waals surface area contributed by atoms with Crippen LogP contribution in [0.2, 0.25) is 0 Å². The Balaban J connectivity index is 3.01. The second-order valence-electron chi connectivity index (χ2n) is 4.11. The fourth-order valence-electron chi connectivity index (χ4n) is 1.73. The summed E-state index contributed by atoms with van der Waals surface area (Å²) in [5.41, 5.74) is 1.00. The molecule has 0 bridgehead atoms. The molecular formula is C13H19O4P. The van der Waals surface area contributed by atoms with E-state index in [-0.39, 0.29) is 23.3 Å². The van der Waals surface area contributed by atoms with E-state index >= 15 is 0 Å². The highest BCUT2D eigenvalue weighted by Gasteiger charge is 2.21. The van der Waals surface area contributed by atoms with Crippen molar-refractivity contribution in [1.29, 1.82) is 0 Å².